The Morgan fingerprint density at radius 2 is 2.41 bits per heavy atom. The van der Waals surface area contributed by atoms with Crippen LogP contribution in [-0.2, 0) is 6.54 Å². The van der Waals surface area contributed by atoms with Gasteiger partial charge in [0.15, 0.2) is 0 Å². The highest BCUT2D eigenvalue weighted by atomic mass is 32.1. The number of amides is 1. The third-order valence-corrected chi connectivity index (χ3v) is 4.12. The molecule has 0 aromatic carbocycles. The molecule has 1 aromatic rings. The summed E-state index contributed by atoms with van der Waals surface area (Å²) in [6.07, 6.45) is 3.41. The summed E-state index contributed by atoms with van der Waals surface area (Å²) in [5, 5.41) is 2.65. The van der Waals surface area contributed by atoms with Gasteiger partial charge in [0, 0.05) is 25.0 Å². The largest absolute Gasteiger partial charge is 0.337 e. The van der Waals surface area contributed by atoms with Crippen molar-refractivity contribution in [1.82, 2.24) is 9.88 Å². The van der Waals surface area contributed by atoms with Gasteiger partial charge in [-0.25, -0.2) is 4.98 Å². The maximum absolute atomic E-state index is 12.2. The van der Waals surface area contributed by atoms with E-state index in [0.29, 0.717) is 12.2 Å². The first-order chi connectivity index (χ1) is 8.20. The monoisotopic (exact) mass is 253 g/mol. The molecule has 1 atom stereocenters. The molecule has 0 radical (unpaired) electrons. The number of likely N-dealkylation sites (tertiary alicyclic amines) is 1. The lowest BCUT2D eigenvalue weighted by atomic mass is 10.0. The standard InChI is InChI=1S/C12H19N3OS/c1-9-3-2-5-15(6-4-9)12(16)10-8-17-11(7-13)14-10/h8-9H,2-7,13H2,1H3. The van der Waals surface area contributed by atoms with Gasteiger partial charge in [0.25, 0.3) is 5.91 Å². The number of hydrogen-bond acceptors (Lipinski definition) is 4. The molecule has 1 aliphatic heterocycles. The Kier molecular flexibility index (Phi) is 4.12. The normalized spacial score (nSPS) is 21.3. The average molecular weight is 253 g/mol. The Hall–Kier alpha value is -0.940. The first kappa shape index (κ1) is 12.5. The van der Waals surface area contributed by atoms with Crippen LogP contribution in [0.1, 0.15) is 41.7 Å². The van der Waals surface area contributed by atoms with Crippen molar-refractivity contribution in [3.05, 3.63) is 16.1 Å². The molecule has 2 N–H and O–H groups in total. The quantitative estimate of drug-likeness (QED) is 0.875. The molecule has 1 fully saturated rings. The molecule has 0 bridgehead atoms. The minimum absolute atomic E-state index is 0.0649. The molecule has 1 aromatic heterocycles. The molecule has 2 heterocycles. The van der Waals surface area contributed by atoms with Gasteiger partial charge in [0.1, 0.15) is 10.7 Å². The maximum Gasteiger partial charge on any atom is 0.273 e. The van der Waals surface area contributed by atoms with Crippen molar-refractivity contribution >= 4 is 17.2 Å². The maximum atomic E-state index is 12.2. The first-order valence-corrected chi connectivity index (χ1v) is 7.02. The number of aromatic nitrogens is 1. The molecule has 1 amide bonds. The van der Waals surface area contributed by atoms with Crippen LogP contribution in [0.2, 0.25) is 0 Å². The van der Waals surface area contributed by atoms with Crippen molar-refractivity contribution in [3.63, 3.8) is 0 Å². The Labute approximate surface area is 106 Å². The van der Waals surface area contributed by atoms with Crippen LogP contribution in [0, 0.1) is 5.92 Å². The topological polar surface area (TPSA) is 59.2 Å². The average Bonchev–Trinajstić information content (AvgIpc) is 2.71. The van der Waals surface area contributed by atoms with Crippen molar-refractivity contribution in [3.8, 4) is 0 Å². The van der Waals surface area contributed by atoms with E-state index in [0.717, 1.165) is 36.9 Å². The fraction of sp³-hybridized carbons (Fsp3) is 0.667. The van der Waals surface area contributed by atoms with E-state index in [1.165, 1.54) is 17.8 Å². The van der Waals surface area contributed by atoms with Gasteiger partial charge in [-0.2, -0.15) is 0 Å². The van der Waals surface area contributed by atoms with Gasteiger partial charge in [0.2, 0.25) is 0 Å². The zero-order valence-corrected chi connectivity index (χ0v) is 11.0. The van der Waals surface area contributed by atoms with Gasteiger partial charge in [-0.05, 0) is 25.2 Å². The number of thiazole rings is 1. The molecule has 94 valence electrons. The summed E-state index contributed by atoms with van der Waals surface area (Å²) >= 11 is 1.46. The summed E-state index contributed by atoms with van der Waals surface area (Å²) in [6.45, 7) is 4.38. The Balaban J connectivity index is 2.03. The molecule has 17 heavy (non-hydrogen) atoms. The summed E-state index contributed by atoms with van der Waals surface area (Å²) in [5.41, 5.74) is 6.07. The summed E-state index contributed by atoms with van der Waals surface area (Å²) in [4.78, 5) is 18.4. The lowest BCUT2D eigenvalue weighted by molar-refractivity contribution is 0.0755. The Morgan fingerprint density at radius 3 is 3.12 bits per heavy atom. The van der Waals surface area contributed by atoms with Gasteiger partial charge in [0.05, 0.1) is 0 Å². The fourth-order valence-electron chi connectivity index (χ4n) is 2.13. The SMILES string of the molecule is CC1CCCN(C(=O)c2csc(CN)n2)CC1. The highest BCUT2D eigenvalue weighted by molar-refractivity contribution is 7.09. The lowest BCUT2D eigenvalue weighted by Crippen LogP contribution is -2.32. The van der Waals surface area contributed by atoms with E-state index < -0.39 is 0 Å². The summed E-state index contributed by atoms with van der Waals surface area (Å²) in [7, 11) is 0. The lowest BCUT2D eigenvalue weighted by Gasteiger charge is -2.19. The third kappa shape index (κ3) is 3.04. The number of nitrogens with zero attached hydrogens (tertiary/aromatic N) is 2. The van der Waals surface area contributed by atoms with Gasteiger partial charge < -0.3 is 10.6 Å². The summed E-state index contributed by atoms with van der Waals surface area (Å²) in [5.74, 6) is 0.790. The molecular weight excluding hydrogens is 234 g/mol. The number of hydrogen-bond donors (Lipinski definition) is 1. The molecule has 2 rings (SSSR count). The van der Waals surface area contributed by atoms with E-state index in [9.17, 15) is 4.79 Å². The molecular formula is C12H19N3OS. The first-order valence-electron chi connectivity index (χ1n) is 6.14. The Bertz CT molecular complexity index is 391. The van der Waals surface area contributed by atoms with Gasteiger partial charge in [-0.1, -0.05) is 6.92 Å². The van der Waals surface area contributed by atoms with Crippen LogP contribution in [0.15, 0.2) is 5.38 Å². The minimum Gasteiger partial charge on any atom is -0.337 e. The van der Waals surface area contributed by atoms with E-state index in [1.54, 1.807) is 0 Å². The number of nitrogens with two attached hydrogens (primary N) is 1. The van der Waals surface area contributed by atoms with E-state index in [2.05, 4.69) is 11.9 Å². The summed E-state index contributed by atoms with van der Waals surface area (Å²) in [6, 6.07) is 0. The molecule has 4 nitrogen and oxygen atoms in total. The van der Waals surface area contributed by atoms with Crippen LogP contribution in [0.5, 0.6) is 0 Å². The predicted octanol–water partition coefficient (Wildman–Crippen LogP) is 1.86. The van der Waals surface area contributed by atoms with E-state index in [4.69, 9.17) is 5.73 Å². The fourth-order valence-corrected chi connectivity index (χ4v) is 2.78. The second-order valence-corrected chi connectivity index (χ2v) is 5.60. The zero-order chi connectivity index (χ0) is 12.3. The smallest absolute Gasteiger partial charge is 0.273 e. The third-order valence-electron chi connectivity index (χ3n) is 3.25. The summed E-state index contributed by atoms with van der Waals surface area (Å²) < 4.78 is 0. The van der Waals surface area contributed by atoms with Crippen molar-refractivity contribution in [2.75, 3.05) is 13.1 Å². The molecule has 1 unspecified atom stereocenters. The van der Waals surface area contributed by atoms with Gasteiger partial charge >= 0.3 is 0 Å². The molecule has 0 spiro atoms. The van der Waals surface area contributed by atoms with Crippen LogP contribution in [0.25, 0.3) is 0 Å². The highest BCUT2D eigenvalue weighted by Crippen LogP contribution is 2.19. The second kappa shape index (κ2) is 5.60. The van der Waals surface area contributed by atoms with E-state index in [-0.39, 0.29) is 5.91 Å². The highest BCUT2D eigenvalue weighted by Gasteiger charge is 2.21. The van der Waals surface area contributed by atoms with Gasteiger partial charge in [-0.15, -0.1) is 11.3 Å². The number of carbonyl (C=O) groups excluding carboxylic acids is 1. The van der Waals surface area contributed by atoms with E-state index >= 15 is 0 Å². The van der Waals surface area contributed by atoms with Crippen LogP contribution >= 0.6 is 11.3 Å². The van der Waals surface area contributed by atoms with Crippen molar-refractivity contribution < 1.29 is 4.79 Å². The van der Waals surface area contributed by atoms with Crippen LogP contribution < -0.4 is 5.73 Å². The van der Waals surface area contributed by atoms with Crippen LogP contribution in [0.4, 0.5) is 0 Å². The van der Waals surface area contributed by atoms with Crippen LogP contribution in [0.3, 0.4) is 0 Å². The predicted molar refractivity (Wildman–Crippen MR) is 68.9 cm³/mol. The molecule has 0 saturated carbocycles. The van der Waals surface area contributed by atoms with Gasteiger partial charge in [-0.3, -0.25) is 4.79 Å². The number of carbonyl (C=O) groups is 1. The second-order valence-electron chi connectivity index (χ2n) is 4.66. The zero-order valence-electron chi connectivity index (χ0n) is 10.2. The number of rotatable bonds is 2. The molecule has 1 aliphatic rings. The molecule has 5 heteroatoms. The molecule has 0 aliphatic carbocycles. The Morgan fingerprint density at radius 1 is 1.59 bits per heavy atom. The minimum atomic E-state index is 0.0649. The van der Waals surface area contributed by atoms with E-state index in [1.807, 2.05) is 10.3 Å². The van der Waals surface area contributed by atoms with Crippen molar-refractivity contribution in [1.29, 1.82) is 0 Å². The molecule has 1 saturated heterocycles. The van der Waals surface area contributed by atoms with Crippen molar-refractivity contribution in [2.24, 2.45) is 11.7 Å². The van der Waals surface area contributed by atoms with Crippen molar-refractivity contribution in [2.45, 2.75) is 32.7 Å². The van der Waals surface area contributed by atoms with Crippen LogP contribution in [-0.4, -0.2) is 28.9 Å².